The summed E-state index contributed by atoms with van der Waals surface area (Å²) in [5.41, 5.74) is 2.68. The van der Waals surface area contributed by atoms with Gasteiger partial charge in [-0.1, -0.05) is 12.1 Å². The number of anilines is 1. The lowest BCUT2D eigenvalue weighted by molar-refractivity contribution is 0.384. The summed E-state index contributed by atoms with van der Waals surface area (Å²) in [4.78, 5) is 11.2. The van der Waals surface area contributed by atoms with Crippen LogP contribution >= 0.6 is 0 Å². The number of piperazine rings is 1. The number of aromatic nitrogens is 2. The van der Waals surface area contributed by atoms with Crippen LogP contribution in [0.15, 0.2) is 24.3 Å². The standard InChI is InChI=1S/C19H25FN4O2S/c1-4-27(25,26)24-10-8-23(9-11-24)19-18(14(2)21-15(3)22-19)13-16-6-5-7-17(20)12-16/h5-7,12H,4,8-11,13H2,1-3H3. The van der Waals surface area contributed by atoms with E-state index in [2.05, 4.69) is 14.9 Å². The molecule has 6 nitrogen and oxygen atoms in total. The summed E-state index contributed by atoms with van der Waals surface area (Å²) >= 11 is 0. The largest absolute Gasteiger partial charge is 0.354 e. The smallest absolute Gasteiger partial charge is 0.213 e. The average Bonchev–Trinajstić information content (AvgIpc) is 2.64. The van der Waals surface area contributed by atoms with Crippen LogP contribution in [-0.4, -0.2) is 54.6 Å². The topological polar surface area (TPSA) is 66.4 Å². The molecule has 3 rings (SSSR count). The van der Waals surface area contributed by atoms with Crippen LogP contribution in [0.1, 0.15) is 29.6 Å². The van der Waals surface area contributed by atoms with Crippen LogP contribution in [0.2, 0.25) is 0 Å². The second-order valence-corrected chi connectivity index (χ2v) is 9.01. The maximum Gasteiger partial charge on any atom is 0.213 e. The minimum atomic E-state index is -3.17. The lowest BCUT2D eigenvalue weighted by atomic mass is 10.0. The van der Waals surface area contributed by atoms with Gasteiger partial charge < -0.3 is 4.90 Å². The number of halogens is 1. The van der Waals surface area contributed by atoms with Crippen molar-refractivity contribution in [1.29, 1.82) is 0 Å². The molecular formula is C19H25FN4O2S. The van der Waals surface area contributed by atoms with Crippen molar-refractivity contribution >= 4 is 15.8 Å². The second kappa shape index (κ2) is 7.90. The fourth-order valence-corrected chi connectivity index (χ4v) is 4.48. The normalized spacial score (nSPS) is 15.9. The molecule has 0 spiro atoms. The number of sulfonamides is 1. The molecule has 146 valence electrons. The molecule has 8 heteroatoms. The minimum Gasteiger partial charge on any atom is -0.354 e. The molecule has 0 atom stereocenters. The van der Waals surface area contributed by atoms with Crippen LogP contribution in [0, 0.1) is 19.7 Å². The lowest BCUT2D eigenvalue weighted by Crippen LogP contribution is -2.49. The lowest BCUT2D eigenvalue weighted by Gasteiger charge is -2.35. The number of hydrogen-bond donors (Lipinski definition) is 0. The monoisotopic (exact) mass is 392 g/mol. The Morgan fingerprint density at radius 2 is 1.81 bits per heavy atom. The number of aryl methyl sites for hydroxylation is 2. The molecule has 1 aromatic carbocycles. The Hall–Kier alpha value is -2.06. The highest BCUT2D eigenvalue weighted by Crippen LogP contribution is 2.25. The minimum absolute atomic E-state index is 0.115. The summed E-state index contributed by atoms with van der Waals surface area (Å²) in [6.07, 6.45) is 0.534. The van der Waals surface area contributed by atoms with Crippen molar-refractivity contribution in [2.75, 3.05) is 36.8 Å². The van der Waals surface area contributed by atoms with E-state index in [0.29, 0.717) is 38.4 Å². The predicted octanol–water partition coefficient (Wildman–Crippen LogP) is 2.30. The molecule has 0 saturated carbocycles. The summed E-state index contributed by atoms with van der Waals surface area (Å²) in [6.45, 7) is 7.48. The summed E-state index contributed by atoms with van der Waals surface area (Å²) in [6, 6.07) is 6.53. The Balaban J connectivity index is 1.87. The fraction of sp³-hybridized carbons (Fsp3) is 0.474. The van der Waals surface area contributed by atoms with E-state index in [1.807, 2.05) is 19.9 Å². The quantitative estimate of drug-likeness (QED) is 0.781. The van der Waals surface area contributed by atoms with Gasteiger partial charge in [0.2, 0.25) is 10.0 Å². The van der Waals surface area contributed by atoms with Crippen LogP contribution < -0.4 is 4.90 Å². The highest BCUT2D eigenvalue weighted by Gasteiger charge is 2.27. The van der Waals surface area contributed by atoms with Gasteiger partial charge in [0.05, 0.1) is 5.75 Å². The molecule has 1 saturated heterocycles. The van der Waals surface area contributed by atoms with E-state index in [4.69, 9.17) is 0 Å². The Kier molecular flexibility index (Phi) is 5.76. The van der Waals surface area contributed by atoms with Gasteiger partial charge in [-0.2, -0.15) is 4.31 Å². The molecule has 0 radical (unpaired) electrons. The maximum atomic E-state index is 13.6. The van der Waals surface area contributed by atoms with Gasteiger partial charge >= 0.3 is 0 Å². The van der Waals surface area contributed by atoms with Crippen molar-refractivity contribution in [2.24, 2.45) is 0 Å². The van der Waals surface area contributed by atoms with Crippen molar-refractivity contribution < 1.29 is 12.8 Å². The van der Waals surface area contributed by atoms with Crippen molar-refractivity contribution in [3.05, 3.63) is 52.7 Å². The van der Waals surface area contributed by atoms with E-state index in [1.54, 1.807) is 13.0 Å². The van der Waals surface area contributed by atoms with Crippen molar-refractivity contribution in [3.8, 4) is 0 Å². The van der Waals surface area contributed by atoms with Crippen molar-refractivity contribution in [3.63, 3.8) is 0 Å². The third-order valence-corrected chi connectivity index (χ3v) is 6.75. The Labute approximate surface area is 160 Å². The van der Waals surface area contributed by atoms with E-state index in [0.717, 1.165) is 22.6 Å². The highest BCUT2D eigenvalue weighted by atomic mass is 32.2. The van der Waals surface area contributed by atoms with Crippen molar-refractivity contribution in [1.82, 2.24) is 14.3 Å². The molecule has 2 aromatic rings. The first-order valence-corrected chi connectivity index (χ1v) is 10.7. The predicted molar refractivity (Wildman–Crippen MR) is 104 cm³/mol. The van der Waals surface area contributed by atoms with Gasteiger partial charge in [0.25, 0.3) is 0 Å². The first-order valence-electron chi connectivity index (χ1n) is 9.11. The SMILES string of the molecule is CCS(=O)(=O)N1CCN(c2nc(C)nc(C)c2Cc2cccc(F)c2)CC1. The first kappa shape index (κ1) is 19.7. The maximum absolute atomic E-state index is 13.6. The summed E-state index contributed by atoms with van der Waals surface area (Å²) < 4.78 is 39.3. The molecule has 1 aromatic heterocycles. The summed E-state index contributed by atoms with van der Waals surface area (Å²) in [5, 5.41) is 0. The molecule has 1 aliphatic heterocycles. The van der Waals surface area contributed by atoms with Gasteiger partial charge in [-0.3, -0.25) is 0 Å². The molecular weight excluding hydrogens is 367 g/mol. The second-order valence-electron chi connectivity index (χ2n) is 6.75. The van der Waals surface area contributed by atoms with E-state index < -0.39 is 10.0 Å². The molecule has 27 heavy (non-hydrogen) atoms. The highest BCUT2D eigenvalue weighted by molar-refractivity contribution is 7.89. The molecule has 0 bridgehead atoms. The third kappa shape index (κ3) is 4.44. The number of nitrogens with zero attached hydrogens (tertiary/aromatic N) is 4. The molecule has 0 N–H and O–H groups in total. The zero-order valence-electron chi connectivity index (χ0n) is 15.9. The number of rotatable bonds is 5. The van der Waals surface area contributed by atoms with Gasteiger partial charge in [-0.15, -0.1) is 0 Å². The molecule has 0 aliphatic carbocycles. The number of hydrogen-bond acceptors (Lipinski definition) is 5. The Bertz CT molecular complexity index is 925. The van der Waals surface area contributed by atoms with E-state index in [9.17, 15) is 12.8 Å². The van der Waals surface area contributed by atoms with Gasteiger partial charge in [0.15, 0.2) is 0 Å². The van der Waals surface area contributed by atoms with Gasteiger partial charge in [0, 0.05) is 43.9 Å². The Morgan fingerprint density at radius 3 is 2.44 bits per heavy atom. The van der Waals surface area contributed by atoms with Crippen LogP contribution in [0.3, 0.4) is 0 Å². The van der Waals surface area contributed by atoms with E-state index in [-0.39, 0.29) is 11.6 Å². The number of benzene rings is 1. The van der Waals surface area contributed by atoms with Crippen LogP contribution in [0.4, 0.5) is 10.2 Å². The van der Waals surface area contributed by atoms with Crippen LogP contribution in [-0.2, 0) is 16.4 Å². The fourth-order valence-electron chi connectivity index (χ4n) is 3.40. The first-order chi connectivity index (χ1) is 12.8. The van der Waals surface area contributed by atoms with E-state index in [1.165, 1.54) is 16.4 Å². The average molecular weight is 393 g/mol. The van der Waals surface area contributed by atoms with E-state index >= 15 is 0 Å². The Morgan fingerprint density at radius 1 is 1.11 bits per heavy atom. The van der Waals surface area contributed by atoms with Crippen LogP contribution in [0.5, 0.6) is 0 Å². The molecule has 0 unspecified atom stereocenters. The van der Waals surface area contributed by atoms with Crippen LogP contribution in [0.25, 0.3) is 0 Å². The van der Waals surface area contributed by atoms with Gasteiger partial charge in [-0.25, -0.2) is 22.8 Å². The van der Waals surface area contributed by atoms with Crippen molar-refractivity contribution in [2.45, 2.75) is 27.2 Å². The van der Waals surface area contributed by atoms with Gasteiger partial charge in [0.1, 0.15) is 17.5 Å². The summed E-state index contributed by atoms with van der Waals surface area (Å²) in [7, 11) is -3.17. The molecule has 1 aliphatic rings. The summed E-state index contributed by atoms with van der Waals surface area (Å²) in [5.74, 6) is 1.34. The molecule has 2 heterocycles. The molecule has 0 amide bonds. The molecule has 1 fully saturated rings. The zero-order valence-corrected chi connectivity index (χ0v) is 16.8. The van der Waals surface area contributed by atoms with Gasteiger partial charge in [-0.05, 0) is 38.5 Å². The zero-order chi connectivity index (χ0) is 19.6. The third-order valence-electron chi connectivity index (χ3n) is 4.87.